The molecular formula is C32H16N8O2Zn. The molecule has 0 fully saturated rings. The molecule has 0 amide bonds. The first kappa shape index (κ1) is 25.2. The third-order valence-corrected chi connectivity index (χ3v) is 7.62. The second-order valence-electron chi connectivity index (χ2n) is 10.1. The second-order valence-corrected chi connectivity index (χ2v) is 10.1. The van der Waals surface area contributed by atoms with Crippen LogP contribution in [-0.4, -0.2) is 28.2 Å². The van der Waals surface area contributed by atoms with Gasteiger partial charge in [0, 0.05) is 44.5 Å². The van der Waals surface area contributed by atoms with E-state index in [1.807, 2.05) is 72.8 Å². The number of nitrogens with zero attached hydrogens (tertiary/aromatic N) is 6. The Morgan fingerprint density at radius 3 is 1.81 bits per heavy atom. The minimum atomic E-state index is -0.641. The van der Waals surface area contributed by atoms with Crippen LogP contribution >= 0.6 is 0 Å². The predicted octanol–water partition coefficient (Wildman–Crippen LogP) is 4.16. The van der Waals surface area contributed by atoms with Crippen LogP contribution in [0.3, 0.4) is 0 Å². The van der Waals surface area contributed by atoms with Gasteiger partial charge in [0.15, 0.2) is 0 Å². The molecule has 0 unspecified atom stereocenters. The number of aromatic amines is 1. The molecule has 3 aromatic heterocycles. The van der Waals surface area contributed by atoms with E-state index in [1.54, 1.807) is 0 Å². The quantitative estimate of drug-likeness (QED) is 0.151. The Kier molecular flexibility index (Phi) is 5.41. The molecule has 8 bridgehead atoms. The monoisotopic (exact) mass is 608 g/mol. The van der Waals surface area contributed by atoms with E-state index in [2.05, 4.69) is 15.3 Å². The number of hydrogen-bond donors (Lipinski definition) is 2. The van der Waals surface area contributed by atoms with Crippen LogP contribution in [0.25, 0.3) is 32.3 Å². The van der Waals surface area contributed by atoms with Gasteiger partial charge in [-0.1, -0.05) is 72.8 Å². The van der Waals surface area contributed by atoms with Crippen molar-refractivity contribution in [2.45, 2.75) is 0 Å². The molecule has 3 aromatic carbocycles. The number of nitrogens with one attached hydrogen (secondary N) is 2. The van der Waals surface area contributed by atoms with Gasteiger partial charge in [-0.3, -0.25) is 9.59 Å². The van der Waals surface area contributed by atoms with E-state index in [0.29, 0.717) is 39.6 Å². The summed E-state index contributed by atoms with van der Waals surface area (Å²) in [4.78, 5) is 57.2. The summed E-state index contributed by atoms with van der Waals surface area (Å²) >= 11 is 0. The first-order valence-corrected chi connectivity index (χ1v) is 13.2. The standard InChI is InChI=1S/C32H18N8O2.Zn/c41-23-13-21-22(14-24(23)42)32-39-30-20-12-6-4-10-18(20)28(37-30)35-26-16-8-2-1-7-15(16)25(33-26)34-27-17-9-3-5-11-19(17)29(36-27)38-31(21)40-32;/h1-14H,(H4,33,34,35,36,37,38,39,40,41,42);/q;+2/p-2. The van der Waals surface area contributed by atoms with Crippen LogP contribution in [0, 0.1) is 0 Å². The molecule has 43 heavy (non-hydrogen) atoms. The largest absolute Gasteiger partial charge is 2.00 e. The number of aliphatic imine (C=N–C) groups is 2. The van der Waals surface area contributed by atoms with Crippen molar-refractivity contribution in [2.75, 3.05) is 5.32 Å². The summed E-state index contributed by atoms with van der Waals surface area (Å²) in [6.07, 6.45) is 2.54. The van der Waals surface area contributed by atoms with E-state index in [0.717, 1.165) is 38.1 Å². The Labute approximate surface area is 254 Å². The Bertz CT molecular complexity index is 2490. The van der Waals surface area contributed by atoms with E-state index >= 15 is 0 Å². The van der Waals surface area contributed by atoms with Gasteiger partial charge >= 0.3 is 19.5 Å². The summed E-state index contributed by atoms with van der Waals surface area (Å²) in [7, 11) is 0. The van der Waals surface area contributed by atoms with Crippen molar-refractivity contribution in [3.8, 4) is 0 Å². The summed E-state index contributed by atoms with van der Waals surface area (Å²) in [6.45, 7) is 0. The first-order chi connectivity index (χ1) is 20.6. The Morgan fingerprint density at radius 1 is 0.558 bits per heavy atom. The fraction of sp³-hybridized carbons (Fsp3) is 0. The van der Waals surface area contributed by atoms with E-state index < -0.39 is 11.6 Å². The van der Waals surface area contributed by atoms with E-state index in [9.17, 15) is 9.59 Å². The zero-order chi connectivity index (χ0) is 27.9. The molecule has 0 saturated carbocycles. The second kappa shape index (κ2) is 9.24. The maximum absolute atomic E-state index is 12.4. The topological polar surface area (TPSA) is 140 Å². The molecule has 3 aliphatic rings. The summed E-state index contributed by atoms with van der Waals surface area (Å²) in [5.41, 5.74) is 1.72. The first-order valence-electron chi connectivity index (χ1n) is 13.2. The number of H-pyrrole nitrogens is 1. The van der Waals surface area contributed by atoms with E-state index in [1.165, 1.54) is 12.2 Å². The third kappa shape index (κ3) is 3.75. The van der Waals surface area contributed by atoms with Crippen LogP contribution in [0.4, 0.5) is 23.3 Å². The molecule has 1 aliphatic carbocycles. The van der Waals surface area contributed by atoms with Crippen molar-refractivity contribution in [3.63, 3.8) is 0 Å². The summed E-state index contributed by atoms with van der Waals surface area (Å²) < 4.78 is 0. The Hall–Kier alpha value is -5.54. The number of anilines is 2. The molecule has 11 heteroatoms. The summed E-state index contributed by atoms with van der Waals surface area (Å²) in [5.74, 6) is 1.59. The normalized spacial score (nSPS) is 17.5. The maximum atomic E-state index is 12.4. The number of aromatic nitrogens is 3. The molecule has 0 atom stereocenters. The van der Waals surface area contributed by atoms with Crippen molar-refractivity contribution in [1.82, 2.24) is 15.0 Å². The number of benzene rings is 3. The number of amidine groups is 2. The van der Waals surface area contributed by atoms with Gasteiger partial charge in [0.1, 0.15) is 0 Å². The molecule has 0 saturated heterocycles. The molecule has 10 nitrogen and oxygen atoms in total. The number of hydrogen-bond acceptors (Lipinski definition) is 7. The van der Waals surface area contributed by atoms with Crippen LogP contribution in [0.1, 0.15) is 0 Å². The zero-order valence-corrected chi connectivity index (χ0v) is 25.3. The minimum Gasteiger partial charge on any atom is -0.400 e. The van der Waals surface area contributed by atoms with Gasteiger partial charge in [-0.05, 0) is 33.7 Å². The van der Waals surface area contributed by atoms with Crippen molar-refractivity contribution >= 4 is 78.8 Å². The zero-order valence-electron chi connectivity index (χ0n) is 22.3. The van der Waals surface area contributed by atoms with E-state index in [4.69, 9.17) is 24.9 Å². The van der Waals surface area contributed by atoms with Crippen molar-refractivity contribution in [1.29, 1.82) is 0 Å². The van der Waals surface area contributed by atoms with Crippen LogP contribution in [0.5, 0.6) is 0 Å². The van der Waals surface area contributed by atoms with Gasteiger partial charge in [-0.2, -0.15) is 0 Å². The molecule has 2 aliphatic heterocycles. The molecule has 9 rings (SSSR count). The summed E-state index contributed by atoms with van der Waals surface area (Å²) in [6, 6.07) is 23.4. The third-order valence-electron chi connectivity index (χ3n) is 7.62. The average Bonchev–Trinajstić information content (AvgIpc) is 3.73. The van der Waals surface area contributed by atoms with Gasteiger partial charge in [0.05, 0.1) is 23.3 Å². The van der Waals surface area contributed by atoms with Crippen molar-refractivity contribution in [3.05, 3.63) is 107 Å². The van der Waals surface area contributed by atoms with Crippen molar-refractivity contribution in [2.24, 2.45) is 20.0 Å². The minimum absolute atomic E-state index is 0. The smallest absolute Gasteiger partial charge is 0.400 e. The molecule has 5 heterocycles. The van der Waals surface area contributed by atoms with Crippen LogP contribution in [-0.2, 0) is 29.1 Å². The number of ketones is 2. The molecule has 6 aromatic rings. The van der Waals surface area contributed by atoms with Crippen molar-refractivity contribution < 1.29 is 29.1 Å². The molecule has 198 valence electrons. The van der Waals surface area contributed by atoms with Gasteiger partial charge in [0.2, 0.25) is 11.6 Å². The number of rotatable bonds is 0. The maximum Gasteiger partial charge on any atom is 2.00 e. The predicted molar refractivity (Wildman–Crippen MR) is 159 cm³/mol. The van der Waals surface area contributed by atoms with Crippen LogP contribution < -0.4 is 26.3 Å². The fourth-order valence-corrected chi connectivity index (χ4v) is 5.65. The molecule has 2 N–H and O–H groups in total. The van der Waals surface area contributed by atoms with Gasteiger partial charge in [0.25, 0.3) is 0 Å². The molecule has 0 radical (unpaired) electrons. The molecule has 0 spiro atoms. The Balaban J connectivity index is 0.00000278. The average molecular weight is 610 g/mol. The fourth-order valence-electron chi connectivity index (χ4n) is 5.65. The van der Waals surface area contributed by atoms with Crippen LogP contribution in [0.2, 0.25) is 0 Å². The van der Waals surface area contributed by atoms with E-state index in [-0.39, 0.29) is 31.1 Å². The van der Waals surface area contributed by atoms with Gasteiger partial charge in [-0.25, -0.2) is 4.99 Å². The van der Waals surface area contributed by atoms with Gasteiger partial charge < -0.3 is 35.2 Å². The SMILES string of the molecule is O=C1C=C2C(=CC1=O)/C1=N/c3[n-]c(c4ccccc34)Nc3[nH]c(c4ccccc34)/N=c3\[n-]c(c4ccccc34)=NC2=N1.[Zn+2]. The molecular weight excluding hydrogens is 594 g/mol. The number of carbonyl (C=O) groups excluding carboxylic acids is 2. The number of allylic oxidation sites excluding steroid dienone is 2. The Morgan fingerprint density at radius 2 is 1.12 bits per heavy atom. The number of carbonyl (C=O) groups is 2. The van der Waals surface area contributed by atoms with Gasteiger partial charge in [-0.15, -0.1) is 0 Å². The van der Waals surface area contributed by atoms with Crippen LogP contribution in [0.15, 0.2) is 116 Å². The number of fused-ring (bicyclic) bond motifs is 19. The summed E-state index contributed by atoms with van der Waals surface area (Å²) in [5, 5.41) is 8.58.